The van der Waals surface area contributed by atoms with Crippen LogP contribution in [0.3, 0.4) is 0 Å². The number of ether oxygens (including phenoxy) is 1. The number of hydrogen-bond acceptors (Lipinski definition) is 7. The van der Waals surface area contributed by atoms with Gasteiger partial charge < -0.3 is 20.3 Å². The number of likely N-dealkylation sites (tertiary alicyclic amines) is 1. The van der Waals surface area contributed by atoms with E-state index in [2.05, 4.69) is 37.5 Å². The molecular weight excluding hydrogens is 423 g/mol. The molecule has 0 radical (unpaired) electrons. The Hall–Kier alpha value is -3.59. The summed E-state index contributed by atoms with van der Waals surface area (Å²) in [5.41, 5.74) is 1.87. The molecule has 0 aliphatic carbocycles. The van der Waals surface area contributed by atoms with Crippen molar-refractivity contribution < 1.29 is 13.9 Å². The van der Waals surface area contributed by atoms with Gasteiger partial charge in [0.25, 0.3) is 5.91 Å². The molecule has 0 bridgehead atoms. The molecular formula is C24H27FN6O2. The maximum Gasteiger partial charge on any atom is 0.251 e. The van der Waals surface area contributed by atoms with Gasteiger partial charge in [0.1, 0.15) is 17.9 Å². The molecule has 1 amide bonds. The van der Waals surface area contributed by atoms with E-state index in [1.165, 1.54) is 38.4 Å². The summed E-state index contributed by atoms with van der Waals surface area (Å²) in [6.07, 6.45) is 4.75. The minimum atomic E-state index is -0.405. The fraction of sp³-hybridized carbons (Fsp3) is 0.333. The minimum Gasteiger partial charge on any atom is -0.496 e. The standard InChI is InChI=1S/C24H27FN6O2/c1-31-13-3-4-19(31)11-12-26-23(32)16-5-8-18(9-6-16)29-24-28-15-27-22(30-24)20-10-7-17(25)14-21(20)33-2/h5-10,14-15,19H,3-4,11-13H2,1-2H3,(H,26,32)(H,27,28,29,30). The van der Waals surface area contributed by atoms with Crippen LogP contribution in [0.1, 0.15) is 29.6 Å². The Morgan fingerprint density at radius 1 is 1.21 bits per heavy atom. The van der Waals surface area contributed by atoms with Crippen LogP contribution in [-0.4, -0.2) is 59.0 Å². The highest BCUT2D eigenvalue weighted by Crippen LogP contribution is 2.28. The highest BCUT2D eigenvalue weighted by atomic mass is 19.1. The number of hydrogen-bond donors (Lipinski definition) is 2. The largest absolute Gasteiger partial charge is 0.496 e. The van der Waals surface area contributed by atoms with Gasteiger partial charge in [0.2, 0.25) is 5.95 Å². The Balaban J connectivity index is 1.37. The van der Waals surface area contributed by atoms with Gasteiger partial charge in [-0.25, -0.2) is 14.4 Å². The van der Waals surface area contributed by atoms with Gasteiger partial charge >= 0.3 is 0 Å². The van der Waals surface area contributed by atoms with E-state index >= 15 is 0 Å². The third-order valence-corrected chi connectivity index (χ3v) is 5.81. The van der Waals surface area contributed by atoms with Crippen molar-refractivity contribution in [2.45, 2.75) is 25.3 Å². The Labute approximate surface area is 192 Å². The summed E-state index contributed by atoms with van der Waals surface area (Å²) in [5.74, 6) is 0.519. The lowest BCUT2D eigenvalue weighted by Gasteiger charge is -2.19. The van der Waals surface area contributed by atoms with Crippen LogP contribution in [-0.2, 0) is 0 Å². The van der Waals surface area contributed by atoms with Crippen LogP contribution in [0.2, 0.25) is 0 Å². The van der Waals surface area contributed by atoms with Crippen LogP contribution >= 0.6 is 0 Å². The molecule has 1 unspecified atom stereocenters. The number of carbonyl (C=O) groups is 1. The quantitative estimate of drug-likeness (QED) is 0.541. The van der Waals surface area contributed by atoms with E-state index in [1.54, 1.807) is 30.3 Å². The zero-order chi connectivity index (χ0) is 23.2. The molecule has 0 saturated carbocycles. The SMILES string of the molecule is COc1cc(F)ccc1-c1ncnc(Nc2ccc(C(=O)NCCC3CCCN3C)cc2)n1. The first-order valence-electron chi connectivity index (χ1n) is 10.9. The van der Waals surface area contributed by atoms with E-state index < -0.39 is 5.82 Å². The number of anilines is 2. The molecule has 172 valence electrons. The molecule has 9 heteroatoms. The summed E-state index contributed by atoms with van der Waals surface area (Å²) in [5, 5.41) is 6.10. The van der Waals surface area contributed by atoms with Gasteiger partial charge in [-0.05, 0) is 69.3 Å². The van der Waals surface area contributed by atoms with E-state index in [0.717, 1.165) is 18.7 Å². The van der Waals surface area contributed by atoms with Crippen LogP contribution in [0.4, 0.5) is 16.0 Å². The molecule has 0 spiro atoms. The van der Waals surface area contributed by atoms with Gasteiger partial charge in [-0.2, -0.15) is 4.98 Å². The van der Waals surface area contributed by atoms with Crippen molar-refractivity contribution in [1.82, 2.24) is 25.2 Å². The average molecular weight is 451 g/mol. The first-order chi connectivity index (χ1) is 16.0. The lowest BCUT2D eigenvalue weighted by molar-refractivity contribution is 0.0950. The van der Waals surface area contributed by atoms with Crippen molar-refractivity contribution in [3.8, 4) is 17.1 Å². The zero-order valence-electron chi connectivity index (χ0n) is 18.7. The smallest absolute Gasteiger partial charge is 0.251 e. The predicted molar refractivity (Wildman–Crippen MR) is 124 cm³/mol. The summed E-state index contributed by atoms with van der Waals surface area (Å²) >= 11 is 0. The average Bonchev–Trinajstić information content (AvgIpc) is 3.24. The molecule has 1 saturated heterocycles. The van der Waals surface area contributed by atoms with Crippen LogP contribution < -0.4 is 15.4 Å². The number of benzene rings is 2. The van der Waals surface area contributed by atoms with E-state index in [-0.39, 0.29) is 5.91 Å². The number of amides is 1. The molecule has 1 fully saturated rings. The topological polar surface area (TPSA) is 92.3 Å². The van der Waals surface area contributed by atoms with Crippen molar-refractivity contribution in [2.24, 2.45) is 0 Å². The fourth-order valence-electron chi connectivity index (χ4n) is 3.97. The zero-order valence-corrected chi connectivity index (χ0v) is 18.7. The molecule has 1 aliphatic heterocycles. The van der Waals surface area contributed by atoms with Gasteiger partial charge in [-0.15, -0.1) is 0 Å². The summed E-state index contributed by atoms with van der Waals surface area (Å²) < 4.78 is 18.7. The van der Waals surface area contributed by atoms with E-state index in [4.69, 9.17) is 4.74 Å². The highest BCUT2D eigenvalue weighted by Gasteiger charge is 2.20. The molecule has 33 heavy (non-hydrogen) atoms. The molecule has 2 N–H and O–H groups in total. The molecule has 3 aromatic rings. The van der Waals surface area contributed by atoms with Crippen LogP contribution in [0.5, 0.6) is 5.75 Å². The van der Waals surface area contributed by atoms with Crippen LogP contribution in [0, 0.1) is 5.82 Å². The first-order valence-corrected chi connectivity index (χ1v) is 10.9. The van der Waals surface area contributed by atoms with Crippen molar-refractivity contribution in [3.63, 3.8) is 0 Å². The molecule has 8 nitrogen and oxygen atoms in total. The van der Waals surface area contributed by atoms with Gasteiger partial charge in [0.15, 0.2) is 5.82 Å². The summed E-state index contributed by atoms with van der Waals surface area (Å²) in [4.78, 5) is 27.5. The van der Waals surface area contributed by atoms with Gasteiger partial charge in [0, 0.05) is 29.9 Å². The summed E-state index contributed by atoms with van der Waals surface area (Å²) in [7, 11) is 3.60. The third kappa shape index (κ3) is 5.61. The Bertz CT molecular complexity index is 1110. The Morgan fingerprint density at radius 2 is 2.03 bits per heavy atom. The summed E-state index contributed by atoms with van der Waals surface area (Å²) in [6.45, 7) is 1.79. The molecule has 2 heterocycles. The van der Waals surface area contributed by atoms with Gasteiger partial charge in [-0.3, -0.25) is 4.79 Å². The highest BCUT2D eigenvalue weighted by molar-refractivity contribution is 5.94. The second kappa shape index (κ2) is 10.4. The van der Waals surface area contributed by atoms with Crippen LogP contribution in [0.15, 0.2) is 48.8 Å². The number of aromatic nitrogens is 3. The van der Waals surface area contributed by atoms with Crippen molar-refractivity contribution >= 4 is 17.5 Å². The van der Waals surface area contributed by atoms with E-state index in [1.807, 2.05) is 0 Å². The normalized spacial score (nSPS) is 15.9. The maximum absolute atomic E-state index is 13.5. The predicted octanol–water partition coefficient (Wildman–Crippen LogP) is 3.64. The van der Waals surface area contributed by atoms with Crippen molar-refractivity contribution in [3.05, 3.63) is 60.2 Å². The first kappa shape index (κ1) is 22.6. The molecule has 4 rings (SSSR count). The number of nitrogens with one attached hydrogen (secondary N) is 2. The van der Waals surface area contributed by atoms with Crippen LogP contribution in [0.25, 0.3) is 11.4 Å². The molecule has 1 aromatic heterocycles. The maximum atomic E-state index is 13.5. The molecule has 1 aliphatic rings. The van der Waals surface area contributed by atoms with Gasteiger partial charge in [0.05, 0.1) is 12.7 Å². The summed E-state index contributed by atoms with van der Waals surface area (Å²) in [6, 6.07) is 11.8. The monoisotopic (exact) mass is 450 g/mol. The number of nitrogens with zero attached hydrogens (tertiary/aromatic N) is 4. The second-order valence-electron chi connectivity index (χ2n) is 8.00. The Kier molecular flexibility index (Phi) is 7.09. The van der Waals surface area contributed by atoms with Gasteiger partial charge in [-0.1, -0.05) is 0 Å². The van der Waals surface area contributed by atoms with Crippen molar-refractivity contribution in [2.75, 3.05) is 32.6 Å². The molecule has 1 atom stereocenters. The minimum absolute atomic E-state index is 0.0898. The third-order valence-electron chi connectivity index (χ3n) is 5.81. The number of rotatable bonds is 8. The Morgan fingerprint density at radius 3 is 2.76 bits per heavy atom. The lowest BCUT2D eigenvalue weighted by atomic mass is 10.1. The number of carbonyl (C=O) groups excluding carboxylic acids is 1. The fourth-order valence-corrected chi connectivity index (χ4v) is 3.97. The second-order valence-corrected chi connectivity index (χ2v) is 8.00. The number of methoxy groups -OCH3 is 1. The van der Waals surface area contributed by atoms with E-state index in [9.17, 15) is 9.18 Å². The molecule has 2 aromatic carbocycles. The van der Waals surface area contributed by atoms with Crippen molar-refractivity contribution in [1.29, 1.82) is 0 Å². The number of halogens is 1. The van der Waals surface area contributed by atoms with E-state index in [0.29, 0.717) is 41.2 Å². The lowest BCUT2D eigenvalue weighted by Crippen LogP contribution is -2.31.